The summed E-state index contributed by atoms with van der Waals surface area (Å²) >= 11 is 0. The second-order valence-corrected chi connectivity index (χ2v) is 12.4. The predicted molar refractivity (Wildman–Crippen MR) is 191 cm³/mol. The van der Waals surface area contributed by atoms with Crippen LogP contribution in [0.15, 0.2) is 48.5 Å². The number of hydrogen-bond acceptors (Lipinski definition) is 8. The maximum Gasteiger partial charge on any atom is 0.276 e. The molecule has 2 aromatic carbocycles. The number of anilines is 2. The Bertz CT molecular complexity index is 2200. The molecule has 0 aliphatic heterocycles. The molecule has 14 nitrogen and oxygen atoms in total. The molecule has 50 heavy (non-hydrogen) atoms. The van der Waals surface area contributed by atoms with Crippen molar-refractivity contribution in [1.29, 1.82) is 0 Å². The first kappa shape index (κ1) is 34.1. The number of carbonyl (C=O) groups excluding carboxylic acids is 3. The van der Waals surface area contributed by atoms with Gasteiger partial charge in [-0.1, -0.05) is 6.07 Å². The van der Waals surface area contributed by atoms with Crippen molar-refractivity contribution in [2.45, 2.75) is 86.7 Å². The molecule has 260 valence electrons. The zero-order valence-electron chi connectivity index (χ0n) is 29.2. The average molecular weight is 679 g/mol. The van der Waals surface area contributed by atoms with E-state index in [9.17, 15) is 14.4 Å². The highest BCUT2D eigenvalue weighted by molar-refractivity contribution is 6.04. The summed E-state index contributed by atoms with van der Waals surface area (Å²) in [5.41, 5.74) is 5.81. The number of fused-ring (bicyclic) bond motifs is 2. The van der Waals surface area contributed by atoms with E-state index in [1.807, 2.05) is 74.9 Å². The Balaban J connectivity index is 1.27. The van der Waals surface area contributed by atoms with Crippen molar-refractivity contribution in [3.63, 3.8) is 0 Å². The number of benzene rings is 2. The minimum atomic E-state index is -0.316. The van der Waals surface area contributed by atoms with Gasteiger partial charge < -0.3 is 13.9 Å². The van der Waals surface area contributed by atoms with Gasteiger partial charge in [0.1, 0.15) is 28.9 Å². The number of unbranched alkanes of at least 4 members (excludes halogenated alkanes) is 1. The summed E-state index contributed by atoms with van der Waals surface area (Å²) in [6, 6.07) is 14.6. The Morgan fingerprint density at radius 3 is 1.94 bits per heavy atom. The van der Waals surface area contributed by atoms with Crippen LogP contribution in [0.3, 0.4) is 0 Å². The van der Waals surface area contributed by atoms with Gasteiger partial charge in [-0.25, -0.2) is 9.97 Å². The maximum atomic E-state index is 13.5. The third-order valence-electron chi connectivity index (χ3n) is 8.35. The molecule has 6 aromatic rings. The molecule has 2 amide bonds. The fourth-order valence-electron chi connectivity index (χ4n) is 6.14. The van der Waals surface area contributed by atoms with Crippen molar-refractivity contribution in [2.24, 2.45) is 0 Å². The van der Waals surface area contributed by atoms with Crippen molar-refractivity contribution >= 4 is 52.1 Å². The number of ether oxygens (including phenoxy) is 1. The van der Waals surface area contributed by atoms with Gasteiger partial charge in [0, 0.05) is 31.7 Å². The normalized spacial score (nSPS) is 11.5. The van der Waals surface area contributed by atoms with Crippen LogP contribution in [0.4, 0.5) is 11.9 Å². The van der Waals surface area contributed by atoms with Crippen molar-refractivity contribution in [2.75, 3.05) is 10.6 Å². The molecule has 0 fully saturated rings. The molecule has 14 heteroatoms. The molecule has 0 saturated carbocycles. The van der Waals surface area contributed by atoms with Crippen LogP contribution >= 0.6 is 0 Å². The third-order valence-corrected chi connectivity index (χ3v) is 8.35. The van der Waals surface area contributed by atoms with Gasteiger partial charge >= 0.3 is 0 Å². The minimum Gasteiger partial charge on any atom is -0.489 e. The molecule has 6 rings (SSSR count). The first-order valence-electron chi connectivity index (χ1n) is 16.9. The van der Waals surface area contributed by atoms with E-state index in [0.29, 0.717) is 84.7 Å². The SMILES string of the molecule is CCn1nc(C)cc1C(=O)Nc1nc2cc(C=O)ccc2n1CCCCn1c(NC(=O)c2cc(C)nn2CC)nc2c(OC(C)C)cccc21. The second-order valence-electron chi connectivity index (χ2n) is 12.4. The fraction of sp³-hybridized carbons (Fsp3) is 0.361. The van der Waals surface area contributed by atoms with Gasteiger partial charge in [-0.05, 0) is 96.8 Å². The van der Waals surface area contributed by atoms with Gasteiger partial charge in [-0.3, -0.25) is 34.4 Å². The van der Waals surface area contributed by atoms with Crippen molar-refractivity contribution in [3.05, 3.63) is 76.9 Å². The lowest BCUT2D eigenvalue weighted by Gasteiger charge is -2.13. The molecule has 0 atom stereocenters. The standard InChI is InChI=1S/C36H42N10O4/c1-7-45-29(18-23(5)41-45)33(48)39-35-37-26-20-25(21-47)14-15-27(26)43(35)16-9-10-17-44-28-12-11-13-31(50-22(3)4)32(28)38-36(44)40-34(49)30-19-24(6)42-46(30)8-2/h11-15,18-22H,7-10,16-17H2,1-6H3,(H,37,39,48)(H,38,40,49). The number of amides is 2. The van der Waals surface area contributed by atoms with Gasteiger partial charge in [0.25, 0.3) is 11.8 Å². The molecule has 4 aromatic heterocycles. The number of carbonyl (C=O) groups is 3. The molecule has 0 aliphatic carbocycles. The van der Waals surface area contributed by atoms with Crippen LogP contribution in [0.25, 0.3) is 22.1 Å². The Morgan fingerprint density at radius 2 is 1.38 bits per heavy atom. The van der Waals surface area contributed by atoms with Crippen LogP contribution in [0.1, 0.15) is 83.3 Å². The van der Waals surface area contributed by atoms with E-state index in [0.717, 1.165) is 28.7 Å². The summed E-state index contributed by atoms with van der Waals surface area (Å²) in [6.07, 6.45) is 2.13. The number of nitrogens with zero attached hydrogens (tertiary/aromatic N) is 8. The number of nitrogens with one attached hydrogen (secondary N) is 2. The number of para-hydroxylation sites is 1. The quantitative estimate of drug-likeness (QED) is 0.105. The van der Waals surface area contributed by atoms with E-state index in [-0.39, 0.29) is 17.9 Å². The Labute approximate surface area is 289 Å². The van der Waals surface area contributed by atoms with Gasteiger partial charge in [0.05, 0.1) is 34.0 Å². The second kappa shape index (κ2) is 14.4. The molecule has 0 unspecified atom stereocenters. The molecular formula is C36H42N10O4. The van der Waals surface area contributed by atoms with Crippen molar-refractivity contribution in [1.82, 2.24) is 38.7 Å². The highest BCUT2D eigenvalue weighted by Gasteiger charge is 2.21. The van der Waals surface area contributed by atoms with Crippen molar-refractivity contribution < 1.29 is 19.1 Å². The lowest BCUT2D eigenvalue weighted by Crippen LogP contribution is -2.20. The molecule has 0 aliphatic rings. The highest BCUT2D eigenvalue weighted by Crippen LogP contribution is 2.30. The van der Waals surface area contributed by atoms with Crippen LogP contribution in [0.2, 0.25) is 0 Å². The van der Waals surface area contributed by atoms with E-state index in [4.69, 9.17) is 14.7 Å². The van der Waals surface area contributed by atoms with E-state index >= 15 is 0 Å². The number of aryl methyl sites for hydroxylation is 6. The largest absolute Gasteiger partial charge is 0.489 e. The van der Waals surface area contributed by atoms with E-state index in [2.05, 4.69) is 20.8 Å². The topological polar surface area (TPSA) is 156 Å². The van der Waals surface area contributed by atoms with Crippen LogP contribution in [0, 0.1) is 13.8 Å². The molecule has 0 radical (unpaired) electrons. The molecule has 0 spiro atoms. The third kappa shape index (κ3) is 6.86. The van der Waals surface area contributed by atoms with Gasteiger partial charge in [-0.2, -0.15) is 10.2 Å². The van der Waals surface area contributed by atoms with Crippen LogP contribution in [0.5, 0.6) is 5.75 Å². The number of aldehydes is 1. The molecule has 2 N–H and O–H groups in total. The summed E-state index contributed by atoms with van der Waals surface area (Å²) in [7, 11) is 0. The molecule has 4 heterocycles. The molecular weight excluding hydrogens is 636 g/mol. The highest BCUT2D eigenvalue weighted by atomic mass is 16.5. The Kier molecular flexibility index (Phi) is 9.79. The summed E-state index contributed by atoms with van der Waals surface area (Å²) in [6.45, 7) is 13.7. The predicted octanol–water partition coefficient (Wildman–Crippen LogP) is 6.02. The summed E-state index contributed by atoms with van der Waals surface area (Å²) in [5, 5.41) is 14.8. The fourth-order valence-corrected chi connectivity index (χ4v) is 6.14. The van der Waals surface area contributed by atoms with Crippen LogP contribution in [-0.4, -0.2) is 62.9 Å². The first-order valence-corrected chi connectivity index (χ1v) is 16.9. The zero-order valence-corrected chi connectivity index (χ0v) is 29.2. The van der Waals surface area contributed by atoms with Crippen molar-refractivity contribution in [3.8, 4) is 5.75 Å². The van der Waals surface area contributed by atoms with Crippen LogP contribution < -0.4 is 15.4 Å². The molecule has 0 bridgehead atoms. The summed E-state index contributed by atoms with van der Waals surface area (Å²) < 4.78 is 13.4. The zero-order chi connectivity index (χ0) is 35.5. The Hall–Kier alpha value is -5.79. The first-order chi connectivity index (χ1) is 24.1. The summed E-state index contributed by atoms with van der Waals surface area (Å²) in [4.78, 5) is 48.0. The molecule has 0 saturated heterocycles. The van der Waals surface area contributed by atoms with Gasteiger partial charge in [-0.15, -0.1) is 0 Å². The average Bonchev–Trinajstić information content (AvgIpc) is 3.85. The number of hydrogen-bond donors (Lipinski definition) is 2. The maximum absolute atomic E-state index is 13.5. The van der Waals surface area contributed by atoms with E-state index in [1.165, 1.54) is 0 Å². The smallest absolute Gasteiger partial charge is 0.276 e. The number of aromatic nitrogens is 8. The Morgan fingerprint density at radius 1 is 0.800 bits per heavy atom. The van der Waals surface area contributed by atoms with Gasteiger partial charge in [0.2, 0.25) is 11.9 Å². The number of imidazole rings is 2. The van der Waals surface area contributed by atoms with E-state index in [1.54, 1.807) is 33.6 Å². The van der Waals surface area contributed by atoms with E-state index < -0.39 is 0 Å². The lowest BCUT2D eigenvalue weighted by atomic mass is 10.2. The minimum absolute atomic E-state index is 0.0560. The number of rotatable bonds is 14. The summed E-state index contributed by atoms with van der Waals surface area (Å²) in [5.74, 6) is 0.824. The van der Waals surface area contributed by atoms with Gasteiger partial charge in [0.15, 0.2) is 0 Å². The van der Waals surface area contributed by atoms with Crippen LogP contribution in [-0.2, 0) is 26.2 Å². The monoisotopic (exact) mass is 678 g/mol. The lowest BCUT2D eigenvalue weighted by molar-refractivity contribution is 0.100.